The Morgan fingerprint density at radius 1 is 1.25 bits per heavy atom. The molecule has 1 aliphatic rings. The lowest BCUT2D eigenvalue weighted by Gasteiger charge is -2.21. The number of rotatable bonds is 6. The van der Waals surface area contributed by atoms with Crippen molar-refractivity contribution >= 4 is 5.57 Å². The van der Waals surface area contributed by atoms with E-state index in [2.05, 4.69) is 88.1 Å². The molecular formula is C24H28. The summed E-state index contributed by atoms with van der Waals surface area (Å²) in [5, 5.41) is 0. The van der Waals surface area contributed by atoms with Gasteiger partial charge in [0.2, 0.25) is 0 Å². The van der Waals surface area contributed by atoms with Crippen molar-refractivity contribution in [3.05, 3.63) is 102 Å². The quantitative estimate of drug-likeness (QED) is 0.488. The van der Waals surface area contributed by atoms with Crippen molar-refractivity contribution in [1.29, 1.82) is 0 Å². The second-order valence-electron chi connectivity index (χ2n) is 6.02. The summed E-state index contributed by atoms with van der Waals surface area (Å²) in [6.07, 6.45) is 19.3. The minimum atomic E-state index is 0.452. The van der Waals surface area contributed by atoms with E-state index in [4.69, 9.17) is 0 Å². The van der Waals surface area contributed by atoms with Gasteiger partial charge in [-0.2, -0.15) is 0 Å². The summed E-state index contributed by atoms with van der Waals surface area (Å²) in [7, 11) is 0. The molecule has 0 nitrogen and oxygen atoms in total. The van der Waals surface area contributed by atoms with Crippen LogP contribution in [0.2, 0.25) is 0 Å². The molecule has 0 spiro atoms. The molecule has 0 heteroatoms. The average Bonchev–Trinajstić information content (AvgIpc) is 2.64. The highest BCUT2D eigenvalue weighted by Gasteiger charge is 2.15. The van der Waals surface area contributed by atoms with Gasteiger partial charge in [-0.05, 0) is 54.5 Å². The number of hydrogen-bond donors (Lipinski definition) is 0. The Bertz CT molecular complexity index is 720. The topological polar surface area (TPSA) is 0 Å². The SMILES string of the molecule is C=CC=CC(=CC)c1cccc(C2C=CC=C(C(=CC)CC)C2)c1. The van der Waals surface area contributed by atoms with Gasteiger partial charge < -0.3 is 0 Å². The maximum absolute atomic E-state index is 3.76. The van der Waals surface area contributed by atoms with Gasteiger partial charge in [0.25, 0.3) is 0 Å². The average molecular weight is 316 g/mol. The van der Waals surface area contributed by atoms with Crippen LogP contribution in [-0.2, 0) is 0 Å². The van der Waals surface area contributed by atoms with Gasteiger partial charge in [0.05, 0.1) is 0 Å². The summed E-state index contributed by atoms with van der Waals surface area (Å²) >= 11 is 0. The molecule has 1 aliphatic carbocycles. The van der Waals surface area contributed by atoms with Gasteiger partial charge in [-0.3, -0.25) is 0 Å². The molecule has 0 radical (unpaired) electrons. The molecule has 24 heavy (non-hydrogen) atoms. The van der Waals surface area contributed by atoms with Gasteiger partial charge in [-0.15, -0.1) is 0 Å². The summed E-state index contributed by atoms with van der Waals surface area (Å²) in [4.78, 5) is 0. The molecule has 0 amide bonds. The summed E-state index contributed by atoms with van der Waals surface area (Å²) < 4.78 is 0. The van der Waals surface area contributed by atoms with Crippen LogP contribution in [0.5, 0.6) is 0 Å². The van der Waals surface area contributed by atoms with Crippen LogP contribution >= 0.6 is 0 Å². The lowest BCUT2D eigenvalue weighted by atomic mass is 9.84. The molecule has 0 bridgehead atoms. The van der Waals surface area contributed by atoms with E-state index in [0.29, 0.717) is 5.92 Å². The van der Waals surface area contributed by atoms with E-state index in [1.165, 1.54) is 27.8 Å². The van der Waals surface area contributed by atoms with Crippen LogP contribution in [0, 0.1) is 0 Å². The Labute approximate surface area is 147 Å². The summed E-state index contributed by atoms with van der Waals surface area (Å²) in [5.74, 6) is 0.452. The van der Waals surface area contributed by atoms with Gasteiger partial charge in [-0.1, -0.05) is 86.4 Å². The van der Waals surface area contributed by atoms with E-state index in [1.807, 2.05) is 12.2 Å². The molecule has 0 aliphatic heterocycles. The van der Waals surface area contributed by atoms with E-state index < -0.39 is 0 Å². The minimum Gasteiger partial charge on any atom is -0.0991 e. The number of allylic oxidation sites excluding steroid dienone is 11. The predicted octanol–water partition coefficient (Wildman–Crippen LogP) is 7.16. The van der Waals surface area contributed by atoms with E-state index in [0.717, 1.165) is 12.8 Å². The van der Waals surface area contributed by atoms with E-state index >= 15 is 0 Å². The van der Waals surface area contributed by atoms with Crippen molar-refractivity contribution in [3.63, 3.8) is 0 Å². The highest BCUT2D eigenvalue weighted by Crippen LogP contribution is 2.33. The van der Waals surface area contributed by atoms with Crippen molar-refractivity contribution in [2.24, 2.45) is 0 Å². The molecular weight excluding hydrogens is 288 g/mol. The molecule has 0 heterocycles. The fourth-order valence-electron chi connectivity index (χ4n) is 3.24. The monoisotopic (exact) mass is 316 g/mol. The van der Waals surface area contributed by atoms with Crippen molar-refractivity contribution in [3.8, 4) is 0 Å². The molecule has 0 saturated heterocycles. The molecule has 124 valence electrons. The Hall–Kier alpha value is -2.34. The van der Waals surface area contributed by atoms with Crippen LogP contribution in [-0.4, -0.2) is 0 Å². The molecule has 1 aromatic rings. The highest BCUT2D eigenvalue weighted by atomic mass is 14.2. The van der Waals surface area contributed by atoms with Gasteiger partial charge >= 0.3 is 0 Å². The molecule has 0 aromatic heterocycles. The third-order valence-corrected chi connectivity index (χ3v) is 4.59. The van der Waals surface area contributed by atoms with Crippen LogP contribution < -0.4 is 0 Å². The van der Waals surface area contributed by atoms with Crippen molar-refractivity contribution in [2.45, 2.75) is 39.5 Å². The molecule has 0 saturated carbocycles. The predicted molar refractivity (Wildman–Crippen MR) is 108 cm³/mol. The number of hydrogen-bond acceptors (Lipinski definition) is 0. The zero-order valence-electron chi connectivity index (χ0n) is 15.1. The zero-order chi connectivity index (χ0) is 17.4. The van der Waals surface area contributed by atoms with Crippen LogP contribution in [0.4, 0.5) is 0 Å². The van der Waals surface area contributed by atoms with Crippen LogP contribution in [0.25, 0.3) is 5.57 Å². The van der Waals surface area contributed by atoms with Gasteiger partial charge in [0.15, 0.2) is 0 Å². The first-order valence-electron chi connectivity index (χ1n) is 8.82. The molecule has 1 aromatic carbocycles. The fourth-order valence-corrected chi connectivity index (χ4v) is 3.24. The Balaban J connectivity index is 2.27. The van der Waals surface area contributed by atoms with E-state index in [1.54, 1.807) is 0 Å². The Morgan fingerprint density at radius 2 is 2.08 bits per heavy atom. The first-order valence-corrected chi connectivity index (χ1v) is 8.82. The van der Waals surface area contributed by atoms with Crippen LogP contribution in [0.3, 0.4) is 0 Å². The lowest BCUT2D eigenvalue weighted by Crippen LogP contribution is -2.03. The Morgan fingerprint density at radius 3 is 2.75 bits per heavy atom. The number of benzene rings is 1. The maximum atomic E-state index is 3.76. The summed E-state index contributed by atoms with van der Waals surface area (Å²) in [5.41, 5.74) is 6.81. The largest absolute Gasteiger partial charge is 0.0991 e. The zero-order valence-corrected chi connectivity index (χ0v) is 15.1. The second-order valence-corrected chi connectivity index (χ2v) is 6.02. The lowest BCUT2D eigenvalue weighted by molar-refractivity contribution is 0.808. The minimum absolute atomic E-state index is 0.452. The fraction of sp³-hybridized carbons (Fsp3) is 0.250. The van der Waals surface area contributed by atoms with Crippen LogP contribution in [0.15, 0.2) is 90.6 Å². The maximum Gasteiger partial charge on any atom is 0.00618 e. The third-order valence-electron chi connectivity index (χ3n) is 4.59. The first-order chi connectivity index (χ1) is 11.7. The van der Waals surface area contributed by atoms with Gasteiger partial charge in [0, 0.05) is 5.92 Å². The molecule has 1 atom stereocenters. The standard InChI is InChI=1S/C24H28/c1-5-9-12-20(8-4)22-14-11-16-24(18-22)23-15-10-13-21(17-23)19(6-2)7-3/h5-6,8-16,18,23H,1,7,17H2,2-4H3. The van der Waals surface area contributed by atoms with Gasteiger partial charge in [0.1, 0.15) is 0 Å². The van der Waals surface area contributed by atoms with E-state index in [-0.39, 0.29) is 0 Å². The smallest absolute Gasteiger partial charge is 0.00618 e. The third kappa shape index (κ3) is 4.35. The summed E-state index contributed by atoms with van der Waals surface area (Å²) in [6, 6.07) is 8.91. The second kappa shape index (κ2) is 9.08. The first kappa shape index (κ1) is 18.0. The van der Waals surface area contributed by atoms with E-state index in [9.17, 15) is 0 Å². The normalized spacial score (nSPS) is 18.8. The van der Waals surface area contributed by atoms with Gasteiger partial charge in [-0.25, -0.2) is 0 Å². The highest BCUT2D eigenvalue weighted by molar-refractivity contribution is 5.74. The molecule has 2 rings (SSSR count). The summed E-state index contributed by atoms with van der Waals surface area (Å²) in [6.45, 7) is 10.2. The van der Waals surface area contributed by atoms with Crippen molar-refractivity contribution in [1.82, 2.24) is 0 Å². The van der Waals surface area contributed by atoms with Crippen LogP contribution in [0.1, 0.15) is 50.7 Å². The van der Waals surface area contributed by atoms with Crippen molar-refractivity contribution < 1.29 is 0 Å². The molecule has 0 N–H and O–H groups in total. The molecule has 0 fully saturated rings. The van der Waals surface area contributed by atoms with Crippen molar-refractivity contribution in [2.75, 3.05) is 0 Å². The Kier molecular flexibility index (Phi) is 6.81. The molecule has 1 unspecified atom stereocenters.